The van der Waals surface area contributed by atoms with Gasteiger partial charge in [0.2, 0.25) is 11.8 Å². The lowest BCUT2D eigenvalue weighted by atomic mass is 9.92. The molecule has 0 aromatic heterocycles. The van der Waals surface area contributed by atoms with E-state index in [9.17, 15) is 24.0 Å². The van der Waals surface area contributed by atoms with Crippen LogP contribution < -0.4 is 20.3 Å². The van der Waals surface area contributed by atoms with Gasteiger partial charge in [0.1, 0.15) is 17.9 Å². The first-order chi connectivity index (χ1) is 26.1. The zero-order valence-electron chi connectivity index (χ0n) is 29.8. The number of carbonyl (C=O) groups excluding carboxylic acids is 5. The Bertz CT molecular complexity index is 2080. The summed E-state index contributed by atoms with van der Waals surface area (Å²) in [4.78, 5) is 69.4. The number of anilines is 1. The van der Waals surface area contributed by atoms with Crippen molar-refractivity contribution in [1.82, 2.24) is 20.4 Å². The van der Waals surface area contributed by atoms with E-state index < -0.39 is 29.7 Å². The van der Waals surface area contributed by atoms with Crippen molar-refractivity contribution in [2.45, 2.75) is 82.6 Å². The van der Waals surface area contributed by atoms with Gasteiger partial charge in [-0.25, -0.2) is 0 Å². The predicted molar refractivity (Wildman–Crippen MR) is 199 cm³/mol. The molecule has 3 aromatic rings. The van der Waals surface area contributed by atoms with Crippen molar-refractivity contribution < 1.29 is 28.7 Å². The predicted octanol–water partition coefficient (Wildman–Crippen LogP) is 4.97. The number of rotatable bonds is 8. The maximum absolute atomic E-state index is 13.3. The largest absolute Gasteiger partial charge is 0.490 e. The highest BCUT2D eigenvalue weighted by Gasteiger charge is 2.45. The number of nitrogens with zero attached hydrogens (tertiary/aromatic N) is 4. The number of ether oxygens (including phenoxy) is 1. The number of halogens is 1. The van der Waals surface area contributed by atoms with E-state index in [1.54, 1.807) is 30.3 Å². The summed E-state index contributed by atoms with van der Waals surface area (Å²) < 4.78 is 6.11. The van der Waals surface area contributed by atoms with Crippen molar-refractivity contribution in [3.8, 4) is 11.8 Å². The molecule has 1 aliphatic carbocycles. The van der Waals surface area contributed by atoms with Crippen LogP contribution in [-0.4, -0.2) is 77.2 Å². The maximum Gasteiger partial charge on any atom is 0.262 e. The Labute approximate surface area is 318 Å². The SMILES string of the molecule is N#Cc1ccc(O[C@H]2CC[C@H](NC(=O)c3ccc4c(c3)CN(CC3CCN(c5ccc6c(c5)C(=O)N(C5CCC(=O)NC5=O)C6=O)CC3)C4)CC2)cc1Cl. The monoisotopic (exact) mass is 748 g/mol. The van der Waals surface area contributed by atoms with E-state index in [0.717, 1.165) is 81.8 Å². The van der Waals surface area contributed by atoms with Crippen molar-refractivity contribution in [1.29, 1.82) is 5.26 Å². The van der Waals surface area contributed by atoms with Crippen LogP contribution in [0.15, 0.2) is 54.6 Å². The molecule has 0 spiro atoms. The van der Waals surface area contributed by atoms with Crippen LogP contribution in [0.1, 0.15) is 99.1 Å². The van der Waals surface area contributed by atoms with E-state index in [2.05, 4.69) is 32.6 Å². The Kier molecular flexibility index (Phi) is 9.85. The minimum Gasteiger partial charge on any atom is -0.490 e. The van der Waals surface area contributed by atoms with Gasteiger partial charge in [0.25, 0.3) is 17.7 Å². The summed E-state index contributed by atoms with van der Waals surface area (Å²) in [5, 5.41) is 15.0. The number of nitriles is 1. The van der Waals surface area contributed by atoms with Crippen molar-refractivity contribution >= 4 is 46.8 Å². The first kappa shape index (κ1) is 35.8. The first-order valence-corrected chi connectivity index (χ1v) is 19.1. The fraction of sp³-hybridized carbons (Fsp3) is 0.415. The van der Waals surface area contributed by atoms with E-state index in [1.807, 2.05) is 18.2 Å². The number of piperidine rings is 2. The number of carbonyl (C=O) groups is 5. The van der Waals surface area contributed by atoms with Gasteiger partial charge in [-0.05, 0) is 104 Å². The molecule has 4 heterocycles. The van der Waals surface area contributed by atoms with E-state index in [4.69, 9.17) is 21.6 Å². The zero-order valence-corrected chi connectivity index (χ0v) is 30.6. The highest BCUT2D eigenvalue weighted by atomic mass is 35.5. The van der Waals surface area contributed by atoms with Crippen molar-refractivity contribution in [3.63, 3.8) is 0 Å². The molecule has 12 nitrogen and oxygen atoms in total. The number of nitrogens with one attached hydrogen (secondary N) is 2. The molecule has 0 radical (unpaired) electrons. The van der Waals surface area contributed by atoms with Gasteiger partial charge in [-0.15, -0.1) is 0 Å². The zero-order chi connectivity index (χ0) is 37.5. The highest BCUT2D eigenvalue weighted by molar-refractivity contribution is 6.31. The van der Waals surface area contributed by atoms with Gasteiger partial charge in [0.05, 0.1) is 27.8 Å². The van der Waals surface area contributed by atoms with E-state index in [0.29, 0.717) is 38.9 Å². The molecule has 4 aliphatic heterocycles. The van der Waals surface area contributed by atoms with Crippen LogP contribution in [0.2, 0.25) is 5.02 Å². The molecule has 5 amide bonds. The summed E-state index contributed by atoms with van der Waals surface area (Å²) in [6, 6.07) is 17.7. The van der Waals surface area contributed by atoms with Crippen LogP contribution in [0.3, 0.4) is 0 Å². The quantitative estimate of drug-likeness (QED) is 0.305. The van der Waals surface area contributed by atoms with Crippen LogP contribution in [0.4, 0.5) is 5.69 Å². The fourth-order valence-electron chi connectivity index (χ4n) is 8.58. The third kappa shape index (κ3) is 7.18. The number of fused-ring (bicyclic) bond motifs is 2. The van der Waals surface area contributed by atoms with Gasteiger partial charge in [0, 0.05) is 62.5 Å². The number of benzene rings is 3. The smallest absolute Gasteiger partial charge is 0.262 e. The second-order valence-electron chi connectivity index (χ2n) is 15.1. The standard InChI is InChI=1S/C41H41ClN6O6/c42-35-19-32(7-3-26(35)20-43)54-31-8-4-29(5-9-31)44-38(50)25-1-2-27-22-46(23-28(27)17-25)21-24-13-15-47(16-14-24)30-6-10-33-34(18-30)41(53)48(40(33)52)36-11-12-37(49)45-39(36)51/h1-3,6-7,10,17-19,24,29,31,36H,4-5,8-9,11-16,21-23H2,(H,44,50)(H,45,49,51)/t29-,31-,36?. The summed E-state index contributed by atoms with van der Waals surface area (Å²) in [6.07, 6.45) is 5.52. The van der Waals surface area contributed by atoms with E-state index >= 15 is 0 Å². The molecule has 8 rings (SSSR count). The Hall–Kier alpha value is -5.25. The summed E-state index contributed by atoms with van der Waals surface area (Å²) in [5.74, 6) is -0.877. The van der Waals surface area contributed by atoms with Crippen LogP contribution >= 0.6 is 11.6 Å². The summed E-state index contributed by atoms with van der Waals surface area (Å²) in [7, 11) is 0. The Morgan fingerprint density at radius 3 is 2.37 bits per heavy atom. The summed E-state index contributed by atoms with van der Waals surface area (Å²) in [6.45, 7) is 4.28. The molecule has 54 heavy (non-hydrogen) atoms. The fourth-order valence-corrected chi connectivity index (χ4v) is 8.79. The lowest BCUT2D eigenvalue weighted by Gasteiger charge is -2.35. The number of amides is 5. The average molecular weight is 749 g/mol. The number of hydrogen-bond acceptors (Lipinski definition) is 9. The van der Waals surface area contributed by atoms with Gasteiger partial charge >= 0.3 is 0 Å². The molecule has 0 bridgehead atoms. The second-order valence-corrected chi connectivity index (χ2v) is 15.5. The molecule has 2 N–H and O–H groups in total. The third-order valence-electron chi connectivity index (χ3n) is 11.5. The Morgan fingerprint density at radius 1 is 0.870 bits per heavy atom. The minimum atomic E-state index is -0.976. The molecular weight excluding hydrogens is 708 g/mol. The highest BCUT2D eigenvalue weighted by Crippen LogP contribution is 2.34. The molecule has 13 heteroatoms. The molecule has 2 saturated heterocycles. The Balaban J connectivity index is 0.796. The number of hydrogen-bond donors (Lipinski definition) is 2. The second kappa shape index (κ2) is 14.9. The lowest BCUT2D eigenvalue weighted by Crippen LogP contribution is -2.54. The summed E-state index contributed by atoms with van der Waals surface area (Å²) in [5.41, 5.74) is 5.04. The minimum absolute atomic E-state index is 0.0389. The van der Waals surface area contributed by atoms with Gasteiger partial charge < -0.3 is 15.0 Å². The molecule has 1 unspecified atom stereocenters. The van der Waals surface area contributed by atoms with Crippen LogP contribution in [0.5, 0.6) is 5.75 Å². The first-order valence-electron chi connectivity index (χ1n) is 18.8. The molecular formula is C41H41ClN6O6. The van der Waals surface area contributed by atoms with Gasteiger partial charge in [-0.1, -0.05) is 17.7 Å². The maximum atomic E-state index is 13.3. The van der Waals surface area contributed by atoms with Crippen molar-refractivity contribution in [2.24, 2.45) is 5.92 Å². The van der Waals surface area contributed by atoms with Gasteiger partial charge in [-0.2, -0.15) is 5.26 Å². The van der Waals surface area contributed by atoms with Gasteiger partial charge in [-0.3, -0.25) is 39.1 Å². The molecule has 3 fully saturated rings. The number of imide groups is 2. The van der Waals surface area contributed by atoms with E-state index in [-0.39, 0.29) is 30.9 Å². The lowest BCUT2D eigenvalue weighted by molar-refractivity contribution is -0.136. The molecule has 1 saturated carbocycles. The van der Waals surface area contributed by atoms with Crippen LogP contribution in [0.25, 0.3) is 0 Å². The van der Waals surface area contributed by atoms with Crippen molar-refractivity contribution in [2.75, 3.05) is 24.5 Å². The molecule has 278 valence electrons. The summed E-state index contributed by atoms with van der Waals surface area (Å²) >= 11 is 6.16. The normalized spacial score (nSPS) is 23.1. The topological polar surface area (TPSA) is 152 Å². The molecule has 3 aromatic carbocycles. The van der Waals surface area contributed by atoms with Crippen molar-refractivity contribution in [3.05, 3.63) is 93.0 Å². The van der Waals surface area contributed by atoms with Crippen LogP contribution in [-0.2, 0) is 22.7 Å². The molecule has 5 aliphatic rings. The molecule has 1 atom stereocenters. The Morgan fingerprint density at radius 2 is 1.63 bits per heavy atom. The average Bonchev–Trinajstić information content (AvgIpc) is 3.68. The third-order valence-corrected chi connectivity index (χ3v) is 11.9. The van der Waals surface area contributed by atoms with E-state index in [1.165, 1.54) is 11.1 Å². The van der Waals surface area contributed by atoms with Crippen LogP contribution in [0, 0.1) is 17.2 Å². The van der Waals surface area contributed by atoms with Gasteiger partial charge in [0.15, 0.2) is 0 Å².